The van der Waals surface area contributed by atoms with E-state index < -0.39 is 10.0 Å². The monoisotopic (exact) mass is 435 g/mol. The molecule has 0 atom stereocenters. The second kappa shape index (κ2) is 7.35. The Kier molecular flexibility index (Phi) is 4.62. The minimum atomic E-state index is -3.74. The molecule has 0 amide bonds. The van der Waals surface area contributed by atoms with Crippen LogP contribution in [0, 0.1) is 13.8 Å². The predicted molar refractivity (Wildman–Crippen MR) is 115 cm³/mol. The van der Waals surface area contributed by atoms with Gasteiger partial charge < -0.3 is 4.52 Å². The molecular formula is C22H21N5O3S. The summed E-state index contributed by atoms with van der Waals surface area (Å²) in [6.45, 7) is 4.08. The largest absolute Gasteiger partial charge is 0.337 e. The number of rotatable bonds is 5. The van der Waals surface area contributed by atoms with Crippen molar-refractivity contribution in [1.82, 2.24) is 19.9 Å². The average molecular weight is 436 g/mol. The predicted octanol–water partition coefficient (Wildman–Crippen LogP) is 3.35. The van der Waals surface area contributed by atoms with Crippen LogP contribution in [-0.2, 0) is 23.0 Å². The molecule has 0 unspecified atom stereocenters. The number of hydrogen-bond acceptors (Lipinski definition) is 6. The summed E-state index contributed by atoms with van der Waals surface area (Å²) >= 11 is 0. The van der Waals surface area contributed by atoms with Crippen molar-refractivity contribution in [1.29, 1.82) is 0 Å². The van der Waals surface area contributed by atoms with E-state index in [1.165, 1.54) is 4.31 Å². The summed E-state index contributed by atoms with van der Waals surface area (Å²) in [5, 5.41) is 8.49. The Morgan fingerprint density at radius 1 is 1.03 bits per heavy atom. The van der Waals surface area contributed by atoms with Gasteiger partial charge in [-0.3, -0.25) is 8.99 Å². The first-order chi connectivity index (χ1) is 14.9. The fourth-order valence-corrected chi connectivity index (χ4v) is 5.91. The number of nitrogens with zero attached hydrogens (tertiary/aromatic N) is 5. The van der Waals surface area contributed by atoms with Gasteiger partial charge in [0.05, 0.1) is 17.1 Å². The molecule has 158 valence electrons. The summed E-state index contributed by atoms with van der Waals surface area (Å²) in [6, 6.07) is 17.1. The SMILES string of the molecule is Cc1nn(Cc2nc(-c3ccccc3)no2)c(C)c1S(=O)(=O)N1CCc2ccccc21. The molecule has 31 heavy (non-hydrogen) atoms. The molecule has 0 fully saturated rings. The van der Waals surface area contributed by atoms with Crippen molar-refractivity contribution in [2.75, 3.05) is 10.8 Å². The fraction of sp³-hybridized carbons (Fsp3) is 0.227. The average Bonchev–Trinajstić information content (AvgIpc) is 3.47. The van der Waals surface area contributed by atoms with Crippen LogP contribution < -0.4 is 4.31 Å². The molecule has 1 aliphatic heterocycles. The van der Waals surface area contributed by atoms with Gasteiger partial charge in [-0.05, 0) is 31.9 Å². The second-order valence-electron chi connectivity index (χ2n) is 7.49. The van der Waals surface area contributed by atoms with Crippen LogP contribution >= 0.6 is 0 Å². The summed E-state index contributed by atoms with van der Waals surface area (Å²) in [7, 11) is -3.74. The summed E-state index contributed by atoms with van der Waals surface area (Å²) in [6.07, 6.45) is 0.700. The number of fused-ring (bicyclic) bond motifs is 1. The Morgan fingerprint density at radius 3 is 2.58 bits per heavy atom. The normalized spacial score (nSPS) is 13.5. The van der Waals surface area contributed by atoms with Crippen molar-refractivity contribution >= 4 is 15.7 Å². The molecule has 0 radical (unpaired) electrons. The molecule has 9 heteroatoms. The van der Waals surface area contributed by atoms with E-state index in [0.717, 1.165) is 16.8 Å². The highest BCUT2D eigenvalue weighted by molar-refractivity contribution is 7.93. The highest BCUT2D eigenvalue weighted by Gasteiger charge is 2.35. The van der Waals surface area contributed by atoms with Gasteiger partial charge in [0.1, 0.15) is 11.4 Å². The molecule has 0 saturated carbocycles. The van der Waals surface area contributed by atoms with Crippen molar-refractivity contribution in [3.8, 4) is 11.4 Å². The van der Waals surface area contributed by atoms with Gasteiger partial charge in [0.25, 0.3) is 10.0 Å². The van der Waals surface area contributed by atoms with Crippen LogP contribution in [0.25, 0.3) is 11.4 Å². The lowest BCUT2D eigenvalue weighted by molar-refractivity contribution is 0.364. The van der Waals surface area contributed by atoms with Crippen LogP contribution in [0.5, 0.6) is 0 Å². The van der Waals surface area contributed by atoms with E-state index in [9.17, 15) is 8.42 Å². The van der Waals surface area contributed by atoms with Gasteiger partial charge in [-0.25, -0.2) is 8.42 Å². The zero-order valence-corrected chi connectivity index (χ0v) is 18.0. The summed E-state index contributed by atoms with van der Waals surface area (Å²) < 4.78 is 35.5. The highest BCUT2D eigenvalue weighted by Crippen LogP contribution is 2.34. The Balaban J connectivity index is 1.46. The maximum atomic E-state index is 13.5. The summed E-state index contributed by atoms with van der Waals surface area (Å²) in [5.41, 5.74) is 3.61. The summed E-state index contributed by atoms with van der Waals surface area (Å²) in [5.74, 6) is 0.846. The maximum absolute atomic E-state index is 13.5. The number of para-hydroxylation sites is 1. The van der Waals surface area contributed by atoms with Crippen LogP contribution in [0.4, 0.5) is 5.69 Å². The molecule has 0 bridgehead atoms. The van der Waals surface area contributed by atoms with Crippen molar-refractivity contribution in [2.24, 2.45) is 0 Å². The number of benzene rings is 2. The third-order valence-electron chi connectivity index (χ3n) is 5.49. The molecule has 0 spiro atoms. The second-order valence-corrected chi connectivity index (χ2v) is 9.29. The molecular weight excluding hydrogens is 414 g/mol. The van der Waals surface area contributed by atoms with Crippen molar-refractivity contribution < 1.29 is 12.9 Å². The fourth-order valence-electron chi connectivity index (χ4n) is 4.03. The van der Waals surface area contributed by atoms with Gasteiger partial charge in [-0.15, -0.1) is 0 Å². The quantitative estimate of drug-likeness (QED) is 0.477. The van der Waals surface area contributed by atoms with Gasteiger partial charge in [-0.2, -0.15) is 10.1 Å². The lowest BCUT2D eigenvalue weighted by atomic mass is 10.2. The minimum absolute atomic E-state index is 0.193. The van der Waals surface area contributed by atoms with Gasteiger partial charge >= 0.3 is 0 Å². The molecule has 0 saturated heterocycles. The first-order valence-electron chi connectivity index (χ1n) is 9.98. The lowest BCUT2D eigenvalue weighted by Gasteiger charge is -2.19. The van der Waals surface area contributed by atoms with E-state index in [4.69, 9.17) is 4.52 Å². The van der Waals surface area contributed by atoms with Crippen LogP contribution in [0.2, 0.25) is 0 Å². The molecule has 2 aromatic carbocycles. The van der Waals surface area contributed by atoms with E-state index in [1.54, 1.807) is 18.5 Å². The van der Waals surface area contributed by atoms with E-state index >= 15 is 0 Å². The number of sulfonamides is 1. The number of aromatic nitrogens is 4. The van der Waals surface area contributed by atoms with E-state index in [0.29, 0.717) is 36.1 Å². The smallest absolute Gasteiger partial charge is 0.268 e. The lowest BCUT2D eigenvalue weighted by Crippen LogP contribution is -2.30. The van der Waals surface area contributed by atoms with E-state index in [-0.39, 0.29) is 11.4 Å². The molecule has 1 aliphatic rings. The number of anilines is 1. The van der Waals surface area contributed by atoms with Crippen LogP contribution in [-0.4, -0.2) is 34.9 Å². The minimum Gasteiger partial charge on any atom is -0.337 e. The topological polar surface area (TPSA) is 94.1 Å². The van der Waals surface area contributed by atoms with Gasteiger partial charge in [0.15, 0.2) is 0 Å². The standard InChI is InChI=1S/C22H21N5O3S/c1-15-21(31(28,29)27-13-12-17-8-6-7-11-19(17)27)16(2)26(24-15)14-20-23-22(25-30-20)18-9-4-3-5-10-18/h3-11H,12-14H2,1-2H3. The molecule has 0 aliphatic carbocycles. The van der Waals surface area contributed by atoms with Gasteiger partial charge in [0.2, 0.25) is 11.7 Å². The molecule has 4 aromatic rings. The molecule has 2 aromatic heterocycles. The van der Waals surface area contributed by atoms with E-state index in [2.05, 4.69) is 15.2 Å². The van der Waals surface area contributed by atoms with Crippen molar-refractivity contribution in [3.63, 3.8) is 0 Å². The summed E-state index contributed by atoms with van der Waals surface area (Å²) in [4.78, 5) is 4.66. The highest BCUT2D eigenvalue weighted by atomic mass is 32.2. The molecule has 8 nitrogen and oxygen atoms in total. The third kappa shape index (κ3) is 3.31. The molecule has 5 rings (SSSR count). The van der Waals surface area contributed by atoms with Crippen LogP contribution in [0.1, 0.15) is 22.8 Å². The van der Waals surface area contributed by atoms with Crippen LogP contribution in [0.15, 0.2) is 64.0 Å². The maximum Gasteiger partial charge on any atom is 0.268 e. The van der Waals surface area contributed by atoms with Gasteiger partial charge in [-0.1, -0.05) is 53.7 Å². The Morgan fingerprint density at radius 2 is 1.77 bits per heavy atom. The first kappa shape index (κ1) is 19.5. The van der Waals surface area contributed by atoms with Gasteiger partial charge in [0, 0.05) is 12.1 Å². The number of aryl methyl sites for hydroxylation is 1. The van der Waals surface area contributed by atoms with Crippen molar-refractivity contribution in [2.45, 2.75) is 31.7 Å². The van der Waals surface area contributed by atoms with E-state index in [1.807, 2.05) is 54.6 Å². The zero-order valence-electron chi connectivity index (χ0n) is 17.2. The Bertz CT molecular complexity index is 1360. The molecule has 3 heterocycles. The first-order valence-corrected chi connectivity index (χ1v) is 11.4. The Hall–Kier alpha value is -3.46. The molecule has 0 N–H and O–H groups in total. The number of hydrogen-bond donors (Lipinski definition) is 0. The third-order valence-corrected chi connectivity index (χ3v) is 7.56. The zero-order chi connectivity index (χ0) is 21.6. The Labute approximate surface area is 180 Å². The van der Waals surface area contributed by atoms with Crippen molar-refractivity contribution in [3.05, 3.63) is 77.4 Å². The van der Waals surface area contributed by atoms with Crippen LogP contribution in [0.3, 0.4) is 0 Å².